The second-order valence-corrected chi connectivity index (χ2v) is 13.3. The number of amides is 4. The van der Waals surface area contributed by atoms with E-state index in [-0.39, 0.29) is 40.2 Å². The van der Waals surface area contributed by atoms with Crippen molar-refractivity contribution in [2.24, 2.45) is 16.3 Å². The molecule has 0 saturated carbocycles. The Kier molecular flexibility index (Phi) is 14.8. The van der Waals surface area contributed by atoms with Crippen LogP contribution < -0.4 is 31.7 Å². The molecular formula is C35H47ClN8O7. The lowest BCUT2D eigenvalue weighted by Crippen LogP contribution is -2.35. The molecule has 5 N–H and O–H groups in total. The van der Waals surface area contributed by atoms with Crippen molar-refractivity contribution in [2.45, 2.75) is 54.4 Å². The number of aromatic nitrogens is 2. The zero-order valence-corrected chi connectivity index (χ0v) is 30.8. The highest BCUT2D eigenvalue weighted by atomic mass is 35.5. The van der Waals surface area contributed by atoms with Gasteiger partial charge in [-0.2, -0.15) is 0 Å². The highest BCUT2D eigenvalue weighted by Crippen LogP contribution is 2.29. The molecule has 276 valence electrons. The first-order valence-corrected chi connectivity index (χ1v) is 16.9. The standard InChI is InChI=1S/C35H47ClN8O7/c1-8-44(25-11-9-24(10-12-25)40-26-18-27(41-34(49)50-7)30(46)29(36)23(26)4)15-16-51-33(48)37-14-13-35(5,6)19-21(2)20-38-32(47)43-31-39-22(3)17-28(45)42-31/h9-12,17-18,21H,8,13-16,19-20H2,1-7H3,(H,37,48)(H,41,49)(H3,38,39,42,43,45,47). The van der Waals surface area contributed by atoms with E-state index in [4.69, 9.17) is 16.3 Å². The van der Waals surface area contributed by atoms with Gasteiger partial charge >= 0.3 is 18.2 Å². The number of urea groups is 1. The van der Waals surface area contributed by atoms with Crippen LogP contribution in [-0.4, -0.2) is 79.6 Å². The maximum Gasteiger partial charge on any atom is 0.411 e. The van der Waals surface area contributed by atoms with Crippen molar-refractivity contribution in [2.75, 3.05) is 50.1 Å². The molecule has 15 nitrogen and oxygen atoms in total. The number of aryl methyl sites for hydroxylation is 1. The maximum absolute atomic E-state index is 12.4. The van der Waals surface area contributed by atoms with E-state index in [1.165, 1.54) is 19.3 Å². The third-order valence-corrected chi connectivity index (χ3v) is 8.44. The van der Waals surface area contributed by atoms with Gasteiger partial charge in [-0.15, -0.1) is 0 Å². The van der Waals surface area contributed by atoms with Gasteiger partial charge in [0.2, 0.25) is 11.7 Å². The predicted molar refractivity (Wildman–Crippen MR) is 197 cm³/mol. The fourth-order valence-corrected chi connectivity index (χ4v) is 5.60. The van der Waals surface area contributed by atoms with E-state index in [1.54, 1.807) is 13.8 Å². The number of aliphatic imine (C=N–C) groups is 1. The SMILES string of the molecule is CCN(CCOC(=O)NCCC(C)(C)CC(C)CNC(=O)Nc1nc(C)cc(=O)[nH]1)c1ccc(N=C2C=C(NC(=O)OC)C(=O)C(Cl)=C2C)cc1. The Labute approximate surface area is 302 Å². The Morgan fingerprint density at radius 2 is 1.78 bits per heavy atom. The molecule has 1 aromatic carbocycles. The van der Waals surface area contributed by atoms with Gasteiger partial charge in [-0.3, -0.25) is 25.2 Å². The average molecular weight is 727 g/mol. The molecule has 51 heavy (non-hydrogen) atoms. The Balaban J connectivity index is 1.41. The molecule has 1 atom stereocenters. The van der Waals surface area contributed by atoms with E-state index >= 15 is 0 Å². The Hall–Kier alpha value is -5.18. The van der Waals surface area contributed by atoms with E-state index in [1.807, 2.05) is 38.1 Å². The van der Waals surface area contributed by atoms with Crippen LogP contribution in [-0.2, 0) is 14.3 Å². The first kappa shape index (κ1) is 40.3. The summed E-state index contributed by atoms with van der Waals surface area (Å²) >= 11 is 6.21. The third kappa shape index (κ3) is 12.9. The topological polar surface area (TPSA) is 196 Å². The number of hydrogen-bond donors (Lipinski definition) is 5. The molecule has 1 aromatic heterocycles. The van der Waals surface area contributed by atoms with Crippen LogP contribution in [0.3, 0.4) is 0 Å². The largest absolute Gasteiger partial charge is 0.453 e. The number of carbonyl (C=O) groups excluding carboxylic acids is 4. The van der Waals surface area contributed by atoms with Crippen molar-refractivity contribution >= 4 is 58.6 Å². The number of allylic oxidation sites excluding steroid dienone is 3. The summed E-state index contributed by atoms with van der Waals surface area (Å²) < 4.78 is 10.0. The zero-order chi connectivity index (χ0) is 37.7. The molecule has 0 radical (unpaired) electrons. The molecule has 1 aliphatic rings. The summed E-state index contributed by atoms with van der Waals surface area (Å²) in [5, 5.41) is 10.5. The number of likely N-dealkylation sites (N-methyl/N-ethyl adjacent to an activating group) is 1. The van der Waals surface area contributed by atoms with Gasteiger partial charge in [0, 0.05) is 37.1 Å². The van der Waals surface area contributed by atoms with Crippen LogP contribution in [0.2, 0.25) is 0 Å². The number of halogens is 1. The first-order chi connectivity index (χ1) is 24.1. The number of Topliss-reactive ketones (excluding diaryl/α,β-unsaturated/α-hetero) is 1. The van der Waals surface area contributed by atoms with E-state index < -0.39 is 24.0 Å². The van der Waals surface area contributed by atoms with Crippen molar-refractivity contribution < 1.29 is 28.7 Å². The van der Waals surface area contributed by atoms with Crippen LogP contribution in [0.15, 0.2) is 62.5 Å². The number of rotatable bonds is 15. The summed E-state index contributed by atoms with van der Waals surface area (Å²) in [4.78, 5) is 73.5. The van der Waals surface area contributed by atoms with Crippen LogP contribution in [0.4, 0.5) is 31.7 Å². The second-order valence-electron chi connectivity index (χ2n) is 12.9. The number of alkyl carbamates (subject to hydrolysis) is 2. The van der Waals surface area contributed by atoms with E-state index in [9.17, 15) is 24.0 Å². The van der Waals surface area contributed by atoms with E-state index in [0.717, 1.165) is 12.1 Å². The molecule has 1 heterocycles. The number of methoxy groups -OCH3 is 1. The van der Waals surface area contributed by atoms with Gasteiger partial charge in [-0.05, 0) is 80.9 Å². The summed E-state index contributed by atoms with van der Waals surface area (Å²) in [6.45, 7) is 13.8. The van der Waals surface area contributed by atoms with Gasteiger partial charge in [0.25, 0.3) is 5.56 Å². The van der Waals surface area contributed by atoms with Crippen molar-refractivity contribution in [3.63, 3.8) is 0 Å². The minimum Gasteiger partial charge on any atom is -0.453 e. The third-order valence-electron chi connectivity index (χ3n) is 7.99. The van der Waals surface area contributed by atoms with Crippen LogP contribution in [0.25, 0.3) is 0 Å². The van der Waals surface area contributed by atoms with Gasteiger partial charge in [0.1, 0.15) is 6.61 Å². The Morgan fingerprint density at radius 3 is 2.43 bits per heavy atom. The molecule has 4 amide bonds. The lowest BCUT2D eigenvalue weighted by molar-refractivity contribution is -0.112. The number of aromatic amines is 1. The van der Waals surface area contributed by atoms with Crippen molar-refractivity contribution in [3.05, 3.63) is 68.8 Å². The number of nitrogens with one attached hydrogen (secondary N) is 5. The average Bonchev–Trinajstić information content (AvgIpc) is 3.06. The fourth-order valence-electron chi connectivity index (χ4n) is 5.41. The normalized spacial score (nSPS) is 14.4. The minimum atomic E-state index is -0.790. The molecule has 0 fully saturated rings. The number of nitrogens with zero attached hydrogens (tertiary/aromatic N) is 3. The summed E-state index contributed by atoms with van der Waals surface area (Å²) in [7, 11) is 1.19. The predicted octanol–water partition coefficient (Wildman–Crippen LogP) is 5.30. The maximum atomic E-state index is 12.4. The number of H-pyrrole nitrogens is 1. The number of anilines is 2. The van der Waals surface area contributed by atoms with Gasteiger partial charge in [-0.25, -0.2) is 24.4 Å². The van der Waals surface area contributed by atoms with E-state index in [2.05, 4.69) is 59.7 Å². The quantitative estimate of drug-likeness (QED) is 0.151. The summed E-state index contributed by atoms with van der Waals surface area (Å²) in [5.74, 6) is -0.280. The number of ether oxygens (including phenoxy) is 2. The molecule has 0 saturated heterocycles. The summed E-state index contributed by atoms with van der Waals surface area (Å²) in [5.41, 5.74) is 2.45. The van der Waals surface area contributed by atoms with Crippen LogP contribution in [0.5, 0.6) is 0 Å². The number of ketones is 1. The molecule has 2 aromatic rings. The molecule has 0 bridgehead atoms. The van der Waals surface area contributed by atoms with Gasteiger partial charge in [-0.1, -0.05) is 32.4 Å². The van der Waals surface area contributed by atoms with Crippen molar-refractivity contribution in [1.29, 1.82) is 0 Å². The van der Waals surface area contributed by atoms with Crippen LogP contribution >= 0.6 is 11.6 Å². The second kappa shape index (κ2) is 18.7. The molecule has 16 heteroatoms. The lowest BCUT2D eigenvalue weighted by atomic mass is 9.80. The van der Waals surface area contributed by atoms with Crippen molar-refractivity contribution in [1.82, 2.24) is 25.9 Å². The molecule has 3 rings (SSSR count). The Morgan fingerprint density at radius 1 is 1.08 bits per heavy atom. The van der Waals surface area contributed by atoms with Gasteiger partial charge in [0.05, 0.1) is 35.8 Å². The first-order valence-electron chi connectivity index (χ1n) is 16.6. The molecule has 0 aliphatic heterocycles. The molecule has 0 spiro atoms. The minimum absolute atomic E-state index is 0.0302. The summed E-state index contributed by atoms with van der Waals surface area (Å²) in [6, 6.07) is 8.30. The molecular weight excluding hydrogens is 680 g/mol. The van der Waals surface area contributed by atoms with Crippen LogP contribution in [0, 0.1) is 18.3 Å². The Bertz CT molecular complexity index is 1730. The van der Waals surface area contributed by atoms with Gasteiger partial charge in [0.15, 0.2) is 0 Å². The lowest BCUT2D eigenvalue weighted by Gasteiger charge is -2.28. The number of benzene rings is 1. The highest BCUT2D eigenvalue weighted by Gasteiger charge is 2.26. The number of carbonyl (C=O) groups is 4. The summed E-state index contributed by atoms with van der Waals surface area (Å²) in [6.07, 6.45) is 1.68. The van der Waals surface area contributed by atoms with E-state index in [0.29, 0.717) is 55.3 Å². The zero-order valence-electron chi connectivity index (χ0n) is 30.1. The van der Waals surface area contributed by atoms with Crippen molar-refractivity contribution in [3.8, 4) is 0 Å². The number of hydrogen-bond acceptors (Lipinski definition) is 10. The van der Waals surface area contributed by atoms with Crippen LogP contribution in [0.1, 0.15) is 53.2 Å². The fraction of sp³-hybridized carbons (Fsp3) is 0.457. The monoisotopic (exact) mass is 726 g/mol. The molecule has 1 unspecified atom stereocenters. The van der Waals surface area contributed by atoms with Gasteiger partial charge < -0.3 is 25.0 Å². The smallest absolute Gasteiger partial charge is 0.411 e. The molecule has 1 aliphatic carbocycles. The highest BCUT2D eigenvalue weighted by molar-refractivity contribution is 6.49.